The first-order valence-corrected chi connectivity index (χ1v) is 17.1. The molecule has 6 aromatic carbocycles. The maximum absolute atomic E-state index is 10.8. The fourth-order valence-electron chi connectivity index (χ4n) is 7.20. The van der Waals surface area contributed by atoms with Gasteiger partial charge in [0.05, 0.1) is 28.1 Å². The summed E-state index contributed by atoms with van der Waals surface area (Å²) in [5.74, 6) is 0.202. The van der Waals surface area contributed by atoms with Crippen LogP contribution < -0.4 is 0 Å². The molecule has 0 aliphatic rings. The van der Waals surface area contributed by atoms with Crippen molar-refractivity contribution in [3.05, 3.63) is 182 Å². The van der Waals surface area contributed by atoms with Gasteiger partial charge in [-0.2, -0.15) is 0 Å². The second-order valence-corrected chi connectivity index (χ2v) is 12.9. The lowest BCUT2D eigenvalue weighted by atomic mass is 9.95. The van der Waals surface area contributed by atoms with Gasteiger partial charge in [0.25, 0.3) is 0 Å². The van der Waals surface area contributed by atoms with Crippen LogP contribution in [-0.4, -0.2) is 19.6 Å². The van der Waals surface area contributed by atoms with Crippen LogP contribution >= 0.6 is 0 Å². The van der Waals surface area contributed by atoms with Gasteiger partial charge in [-0.3, -0.25) is 4.98 Å². The Balaban J connectivity index is 1.20. The van der Waals surface area contributed by atoms with Gasteiger partial charge in [-0.25, -0.2) is 4.98 Å². The molecule has 9 rings (SSSR count). The molecule has 3 aromatic heterocycles. The highest BCUT2D eigenvalue weighted by atomic mass is 16.3. The summed E-state index contributed by atoms with van der Waals surface area (Å²) in [6.07, 6.45) is 1.91. The summed E-state index contributed by atoms with van der Waals surface area (Å²) in [5, 5.41) is 13.2. The van der Waals surface area contributed by atoms with Crippen LogP contribution in [0.3, 0.4) is 0 Å². The van der Waals surface area contributed by atoms with Crippen LogP contribution in [0.1, 0.15) is 5.56 Å². The number of phenolic OH excluding ortho intramolecular Hbond substituents is 1. The number of benzene rings is 6. The monoisotopic (exact) mass is 655 g/mol. The third-order valence-electron chi connectivity index (χ3n) is 9.70. The molecule has 1 N–H and O–H groups in total. The fourth-order valence-corrected chi connectivity index (χ4v) is 7.20. The van der Waals surface area contributed by atoms with Crippen molar-refractivity contribution in [2.24, 2.45) is 0 Å². The summed E-state index contributed by atoms with van der Waals surface area (Å²) < 4.78 is 2.37. The van der Waals surface area contributed by atoms with Crippen LogP contribution in [0.15, 0.2) is 176 Å². The van der Waals surface area contributed by atoms with E-state index in [4.69, 9.17) is 9.97 Å². The van der Waals surface area contributed by atoms with E-state index in [1.54, 1.807) is 6.07 Å². The molecule has 3 heterocycles. The van der Waals surface area contributed by atoms with Gasteiger partial charge in [-0.05, 0) is 89.8 Å². The Hall–Kier alpha value is -6.78. The number of rotatable bonds is 6. The van der Waals surface area contributed by atoms with Gasteiger partial charge in [-0.1, -0.05) is 109 Å². The van der Waals surface area contributed by atoms with Crippen molar-refractivity contribution >= 4 is 21.8 Å². The maximum Gasteiger partial charge on any atom is 0.124 e. The molecule has 0 unspecified atom stereocenters. The quantitative estimate of drug-likeness (QED) is 0.194. The molecule has 0 saturated carbocycles. The lowest BCUT2D eigenvalue weighted by Gasteiger charge is -2.14. The summed E-state index contributed by atoms with van der Waals surface area (Å²) in [7, 11) is 0. The van der Waals surface area contributed by atoms with Crippen molar-refractivity contribution in [1.82, 2.24) is 14.5 Å². The molecule has 0 radical (unpaired) electrons. The molecule has 51 heavy (non-hydrogen) atoms. The predicted molar refractivity (Wildman–Crippen MR) is 210 cm³/mol. The van der Waals surface area contributed by atoms with E-state index in [9.17, 15) is 5.11 Å². The zero-order valence-electron chi connectivity index (χ0n) is 28.0. The van der Waals surface area contributed by atoms with Crippen LogP contribution in [0.2, 0.25) is 0 Å². The molecule has 0 aliphatic carbocycles. The molecular weight excluding hydrogens is 623 g/mol. The summed E-state index contributed by atoms with van der Waals surface area (Å²) >= 11 is 0. The smallest absolute Gasteiger partial charge is 0.124 e. The Kier molecular flexibility index (Phi) is 7.48. The minimum Gasteiger partial charge on any atom is -0.507 e. The van der Waals surface area contributed by atoms with Gasteiger partial charge in [0.1, 0.15) is 5.75 Å². The van der Waals surface area contributed by atoms with E-state index in [1.165, 1.54) is 21.8 Å². The van der Waals surface area contributed by atoms with E-state index in [0.29, 0.717) is 11.3 Å². The summed E-state index contributed by atoms with van der Waals surface area (Å²) in [5.41, 5.74) is 14.1. The van der Waals surface area contributed by atoms with E-state index < -0.39 is 0 Å². The van der Waals surface area contributed by atoms with Crippen LogP contribution in [0.4, 0.5) is 0 Å². The van der Waals surface area contributed by atoms with Crippen molar-refractivity contribution < 1.29 is 5.11 Å². The number of aromatic nitrogens is 3. The Morgan fingerprint density at radius 1 is 0.471 bits per heavy atom. The number of para-hydroxylation sites is 4. The van der Waals surface area contributed by atoms with E-state index in [-0.39, 0.29) is 5.75 Å². The molecule has 0 saturated heterocycles. The first-order valence-electron chi connectivity index (χ1n) is 17.1. The molecule has 0 amide bonds. The normalized spacial score (nSPS) is 11.3. The van der Waals surface area contributed by atoms with Gasteiger partial charge in [0.15, 0.2) is 0 Å². The summed E-state index contributed by atoms with van der Waals surface area (Å²) in [6.45, 7) is 2.13. The van der Waals surface area contributed by atoms with Gasteiger partial charge >= 0.3 is 0 Å². The van der Waals surface area contributed by atoms with E-state index in [1.807, 2.05) is 48.7 Å². The van der Waals surface area contributed by atoms with Crippen LogP contribution in [0, 0.1) is 6.92 Å². The lowest BCUT2D eigenvalue weighted by molar-refractivity contribution is 0.477. The van der Waals surface area contributed by atoms with Crippen molar-refractivity contribution in [3.8, 4) is 67.5 Å². The minimum atomic E-state index is 0.202. The number of nitrogens with zero attached hydrogens (tertiary/aromatic N) is 3. The van der Waals surface area contributed by atoms with Crippen molar-refractivity contribution in [1.29, 1.82) is 0 Å². The molecule has 0 atom stereocenters. The molecule has 9 aromatic rings. The molecular formula is C47H33N3O. The average molecular weight is 656 g/mol. The second kappa shape index (κ2) is 12.6. The Bertz CT molecular complexity index is 2710. The number of fused-ring (bicyclic) bond motifs is 3. The summed E-state index contributed by atoms with van der Waals surface area (Å²) in [4.78, 5) is 10.0. The number of hydrogen-bond acceptors (Lipinski definition) is 3. The number of pyridine rings is 2. The lowest BCUT2D eigenvalue weighted by Crippen LogP contribution is -1.96. The standard InChI is InChI=1S/C47H33N3O/c1-31-23-24-34(42-29-35(32-13-4-2-5-14-32)30-44(49-42)40-18-9-11-22-46(40)51)27-41(31)43-28-33(25-26-48-43)37-19-12-20-39-38-17-8-10-21-45(38)50(47(37)39)36-15-6-3-7-16-36/h2-30,51H,1H3. The maximum atomic E-state index is 10.8. The van der Waals surface area contributed by atoms with Gasteiger partial charge < -0.3 is 9.67 Å². The number of hydrogen-bond donors (Lipinski definition) is 1. The first-order chi connectivity index (χ1) is 25.1. The third-order valence-corrected chi connectivity index (χ3v) is 9.70. The molecule has 0 bridgehead atoms. The molecule has 0 aliphatic heterocycles. The number of phenols is 1. The largest absolute Gasteiger partial charge is 0.507 e. The highest BCUT2D eigenvalue weighted by molar-refractivity contribution is 6.13. The number of aromatic hydroxyl groups is 1. The second-order valence-electron chi connectivity index (χ2n) is 12.9. The van der Waals surface area contributed by atoms with E-state index in [2.05, 4.69) is 133 Å². The SMILES string of the molecule is Cc1ccc(-c2cc(-c3ccccc3)cc(-c3ccccc3O)n2)cc1-c1cc(-c2cccc3c4ccccc4n(-c4ccccc4)c23)ccn1. The molecule has 4 heteroatoms. The van der Waals surface area contributed by atoms with Gasteiger partial charge in [0, 0.05) is 44.9 Å². The molecule has 0 fully saturated rings. The Labute approximate surface area is 296 Å². The Morgan fingerprint density at radius 3 is 2.00 bits per heavy atom. The third kappa shape index (κ3) is 5.44. The van der Waals surface area contributed by atoms with Crippen molar-refractivity contribution in [2.75, 3.05) is 0 Å². The van der Waals surface area contributed by atoms with Crippen LogP contribution in [0.5, 0.6) is 5.75 Å². The molecule has 4 nitrogen and oxygen atoms in total. The van der Waals surface area contributed by atoms with E-state index >= 15 is 0 Å². The zero-order chi connectivity index (χ0) is 34.3. The predicted octanol–water partition coefficient (Wildman–Crippen LogP) is 11.9. The van der Waals surface area contributed by atoms with Crippen LogP contribution in [-0.2, 0) is 0 Å². The fraction of sp³-hybridized carbons (Fsp3) is 0.0213. The highest BCUT2D eigenvalue weighted by Gasteiger charge is 2.18. The molecule has 0 spiro atoms. The summed E-state index contributed by atoms with van der Waals surface area (Å²) in [6, 6.07) is 58.4. The Morgan fingerprint density at radius 2 is 1.16 bits per heavy atom. The van der Waals surface area contributed by atoms with Crippen molar-refractivity contribution in [3.63, 3.8) is 0 Å². The molecule has 242 valence electrons. The topological polar surface area (TPSA) is 50.9 Å². The van der Waals surface area contributed by atoms with Gasteiger partial charge in [0.2, 0.25) is 0 Å². The zero-order valence-corrected chi connectivity index (χ0v) is 28.0. The van der Waals surface area contributed by atoms with E-state index in [0.717, 1.165) is 56.0 Å². The minimum absolute atomic E-state index is 0.202. The first kappa shape index (κ1) is 30.3. The highest BCUT2D eigenvalue weighted by Crippen LogP contribution is 2.40. The van der Waals surface area contributed by atoms with Crippen LogP contribution in [0.25, 0.3) is 83.5 Å². The van der Waals surface area contributed by atoms with Crippen molar-refractivity contribution in [2.45, 2.75) is 6.92 Å². The van der Waals surface area contributed by atoms with Gasteiger partial charge in [-0.15, -0.1) is 0 Å². The average Bonchev–Trinajstić information content (AvgIpc) is 3.53. The number of aryl methyl sites for hydroxylation is 1.